The average molecular weight is 504 g/mol. The second kappa shape index (κ2) is 7.88. The number of hydrogen-bond acceptors (Lipinski definition) is 1. The molecule has 1 atom stereocenters. The van der Waals surface area contributed by atoms with Crippen molar-refractivity contribution in [1.82, 2.24) is 0 Å². The van der Waals surface area contributed by atoms with Gasteiger partial charge in [-0.25, -0.2) is 0 Å². The van der Waals surface area contributed by atoms with Crippen LogP contribution >= 0.6 is 17.0 Å². The second-order valence-electron chi connectivity index (χ2n) is 8.82. The first kappa shape index (κ1) is 21.2. The average Bonchev–Trinajstić information content (AvgIpc) is 3.24. The van der Waals surface area contributed by atoms with Crippen molar-refractivity contribution in [3.8, 4) is 11.1 Å². The van der Waals surface area contributed by atoms with Gasteiger partial charge >= 0.3 is 190 Å². The van der Waals surface area contributed by atoms with Crippen LogP contribution in [-0.2, 0) is 24.8 Å². The number of allylic oxidation sites excluding steroid dienone is 1. The first-order chi connectivity index (χ1) is 13.7. The summed E-state index contributed by atoms with van der Waals surface area (Å²) in [6.07, 6.45) is 2.25. The molecule has 1 aliphatic carbocycles. The molecule has 0 saturated carbocycles. The number of halogens is 2. The topological polar surface area (TPSA) is 13.1 Å². The molecule has 0 aliphatic heterocycles. The minimum absolute atomic E-state index is 0.0921. The number of hydrogen-bond donors (Lipinski definition) is 0. The molecule has 0 N–H and O–H groups in total. The zero-order chi connectivity index (χ0) is 20.9. The Kier molecular flexibility index (Phi) is 5.75. The molecule has 1 heterocycles. The summed E-state index contributed by atoms with van der Waals surface area (Å²) in [5.41, 5.74) is 8.84. The number of furan rings is 1. The van der Waals surface area contributed by atoms with Gasteiger partial charge in [0.15, 0.2) is 0 Å². The van der Waals surface area contributed by atoms with Crippen LogP contribution in [0.15, 0.2) is 52.9 Å². The fourth-order valence-electron chi connectivity index (χ4n) is 4.12. The molecular formula is C25H25Cl2OZr. The molecule has 1 unspecified atom stereocenters. The van der Waals surface area contributed by atoms with E-state index in [1.165, 1.54) is 33.4 Å². The Labute approximate surface area is 188 Å². The zero-order valence-corrected chi connectivity index (χ0v) is 21.4. The molecule has 0 bridgehead atoms. The van der Waals surface area contributed by atoms with Crippen LogP contribution in [-0.4, -0.2) is 0 Å². The third-order valence-electron chi connectivity index (χ3n) is 5.69. The Morgan fingerprint density at radius 3 is 2.14 bits per heavy atom. The molecule has 0 fully saturated rings. The van der Waals surface area contributed by atoms with Crippen LogP contribution in [0.25, 0.3) is 22.8 Å². The van der Waals surface area contributed by atoms with E-state index < -0.39 is 19.4 Å². The molecule has 0 amide bonds. The van der Waals surface area contributed by atoms with E-state index in [1.54, 1.807) is 0 Å². The molecule has 0 saturated heterocycles. The number of benzene rings is 2. The number of aryl methyl sites for hydroxylation is 2. The van der Waals surface area contributed by atoms with Crippen molar-refractivity contribution in [3.05, 3.63) is 82.3 Å². The van der Waals surface area contributed by atoms with Crippen LogP contribution in [0.4, 0.5) is 0 Å². The molecule has 149 valence electrons. The maximum absolute atomic E-state index is 6.65. The minimum atomic E-state index is -2.64. The molecule has 2 aromatic carbocycles. The van der Waals surface area contributed by atoms with Gasteiger partial charge in [0.25, 0.3) is 0 Å². The van der Waals surface area contributed by atoms with Crippen molar-refractivity contribution in [1.29, 1.82) is 0 Å². The van der Waals surface area contributed by atoms with Crippen LogP contribution < -0.4 is 0 Å². The van der Waals surface area contributed by atoms with E-state index in [2.05, 4.69) is 70.2 Å². The van der Waals surface area contributed by atoms with Crippen molar-refractivity contribution < 1.29 is 23.8 Å². The molecule has 1 aromatic heterocycles. The van der Waals surface area contributed by atoms with Crippen LogP contribution in [0.2, 0.25) is 0 Å². The second-order valence-corrected chi connectivity index (χ2v) is 17.6. The van der Waals surface area contributed by atoms with Crippen molar-refractivity contribution in [2.24, 2.45) is 0 Å². The van der Waals surface area contributed by atoms with Gasteiger partial charge in [-0.2, -0.15) is 0 Å². The summed E-state index contributed by atoms with van der Waals surface area (Å²) in [6, 6.07) is 17.4. The van der Waals surface area contributed by atoms with Crippen molar-refractivity contribution in [2.45, 2.75) is 43.7 Å². The Morgan fingerprint density at radius 1 is 0.897 bits per heavy atom. The number of fused-ring (bicyclic) bond motifs is 1. The fraction of sp³-hybridized carbons (Fsp3) is 0.280. The van der Waals surface area contributed by atoms with Crippen LogP contribution in [0.3, 0.4) is 0 Å². The van der Waals surface area contributed by atoms with E-state index in [0.717, 1.165) is 17.1 Å². The van der Waals surface area contributed by atoms with Gasteiger partial charge in [-0.3, -0.25) is 0 Å². The summed E-state index contributed by atoms with van der Waals surface area (Å²) in [5.74, 6) is 1.79. The summed E-state index contributed by atoms with van der Waals surface area (Å²) in [6.45, 7) is 10.9. The van der Waals surface area contributed by atoms with Gasteiger partial charge in [-0.1, -0.05) is 0 Å². The first-order valence-electron chi connectivity index (χ1n) is 9.87. The van der Waals surface area contributed by atoms with Crippen LogP contribution in [0.1, 0.15) is 58.2 Å². The monoisotopic (exact) mass is 501 g/mol. The van der Waals surface area contributed by atoms with Crippen molar-refractivity contribution in [2.75, 3.05) is 0 Å². The van der Waals surface area contributed by atoms with Gasteiger partial charge in [0.1, 0.15) is 0 Å². The summed E-state index contributed by atoms with van der Waals surface area (Å²) in [4.78, 5) is 0. The van der Waals surface area contributed by atoms with Gasteiger partial charge < -0.3 is 0 Å². The Hall–Kier alpha value is -1.08. The molecule has 4 heteroatoms. The van der Waals surface area contributed by atoms with E-state index >= 15 is 0 Å². The Bertz CT molecular complexity index is 1090. The quantitative estimate of drug-likeness (QED) is 0.350. The Balaban J connectivity index is 1.88. The van der Waals surface area contributed by atoms with E-state index in [1.807, 2.05) is 19.1 Å². The van der Waals surface area contributed by atoms with Gasteiger partial charge in [-0.15, -0.1) is 0 Å². The van der Waals surface area contributed by atoms with Gasteiger partial charge in [0, 0.05) is 0 Å². The number of rotatable bonds is 3. The molecular weight excluding hydrogens is 478 g/mol. The summed E-state index contributed by atoms with van der Waals surface area (Å²) in [5, 5.41) is 0. The molecule has 0 spiro atoms. The third-order valence-corrected chi connectivity index (χ3v) is 10.9. The normalized spacial score (nSPS) is 16.0. The van der Waals surface area contributed by atoms with Crippen molar-refractivity contribution in [3.63, 3.8) is 0 Å². The molecule has 29 heavy (non-hydrogen) atoms. The molecule has 3 aromatic rings. The summed E-state index contributed by atoms with van der Waals surface area (Å²) in [7, 11) is 13.3. The molecule has 1 aliphatic rings. The molecule has 0 radical (unpaired) electrons. The zero-order valence-electron chi connectivity index (χ0n) is 17.4. The van der Waals surface area contributed by atoms with E-state index in [4.69, 9.17) is 21.4 Å². The summed E-state index contributed by atoms with van der Waals surface area (Å²) >= 11 is -2.64. The molecule has 4 rings (SSSR count). The fourth-order valence-corrected chi connectivity index (χ4v) is 9.23. The molecule has 1 nitrogen and oxygen atoms in total. The third kappa shape index (κ3) is 3.97. The van der Waals surface area contributed by atoms with Gasteiger partial charge in [0.2, 0.25) is 0 Å². The predicted octanol–water partition coefficient (Wildman–Crippen LogP) is 8.38. The van der Waals surface area contributed by atoms with E-state index in [-0.39, 0.29) is 9.04 Å². The van der Waals surface area contributed by atoms with E-state index in [0.29, 0.717) is 0 Å². The maximum atomic E-state index is 6.65. The standard InChI is InChI=1S/C25H25O.2ClH.Zr/c1-16-6-8-19-14-20(23-13-7-17(2)26-23)15-22(19)24(16)18-9-11-21(12-10-18)25(3,4)5;;;/h6-15H,1-5H3;2*1H;/q;;;+2/p-2. The van der Waals surface area contributed by atoms with Crippen LogP contribution in [0.5, 0.6) is 0 Å². The van der Waals surface area contributed by atoms with Gasteiger partial charge in [0.05, 0.1) is 0 Å². The van der Waals surface area contributed by atoms with Gasteiger partial charge in [-0.05, 0) is 0 Å². The summed E-state index contributed by atoms with van der Waals surface area (Å²) < 4.78 is 6.05. The SMILES string of the molecule is Cc1ccc(C2=Cc3c(ccc(C)c3-c3ccc(C(C)(C)C)cc3)[CH]2[Zr]([Cl])[Cl])o1. The van der Waals surface area contributed by atoms with E-state index in [9.17, 15) is 0 Å². The van der Waals surface area contributed by atoms with Crippen LogP contribution in [0, 0.1) is 13.8 Å². The van der Waals surface area contributed by atoms with Crippen molar-refractivity contribution >= 4 is 28.7 Å². The Morgan fingerprint density at radius 2 is 1.59 bits per heavy atom. The first-order valence-corrected chi connectivity index (χ1v) is 17.6. The predicted molar refractivity (Wildman–Crippen MR) is 121 cm³/mol.